The Kier molecular flexibility index (Phi) is 3.50. The Hall–Kier alpha value is -1.98. The van der Waals surface area contributed by atoms with Gasteiger partial charge in [-0.05, 0) is 0 Å². The molecule has 0 fully saturated rings. The summed E-state index contributed by atoms with van der Waals surface area (Å²) >= 11 is 0.629. The van der Waals surface area contributed by atoms with E-state index in [1.165, 1.54) is 12.3 Å². The quantitative estimate of drug-likeness (QED) is 0.611. The van der Waals surface area contributed by atoms with Gasteiger partial charge in [0.15, 0.2) is 5.00 Å². The van der Waals surface area contributed by atoms with Crippen LogP contribution in [0.15, 0.2) is 27.1 Å². The minimum atomic E-state index is -3.87. The van der Waals surface area contributed by atoms with Gasteiger partial charge < -0.3 is 10.3 Å². The molecule has 0 aliphatic carbocycles. The van der Waals surface area contributed by atoms with Gasteiger partial charge in [-0.3, -0.25) is 10.1 Å². The molecule has 102 valence electrons. The fourth-order valence-corrected chi connectivity index (χ4v) is 3.47. The number of nitrogen functional groups attached to an aromatic ring is 1. The van der Waals surface area contributed by atoms with E-state index < -0.39 is 20.6 Å². The maximum Gasteiger partial charge on any atom is 0.304 e. The summed E-state index contributed by atoms with van der Waals surface area (Å²) < 4.78 is 30.3. The zero-order valence-corrected chi connectivity index (χ0v) is 10.9. The normalized spacial score (nSPS) is 11.6. The number of anilines is 1. The molecular formula is C8H8N4O5S2. The SMILES string of the molecule is Nc1sc(S(=O)(=O)NCc2ccon2)cc1[N+](=O)[O-]. The lowest BCUT2D eigenvalue weighted by Gasteiger charge is -2.00. The maximum atomic E-state index is 11.9. The second-order valence-electron chi connectivity index (χ2n) is 3.39. The smallest absolute Gasteiger partial charge is 0.304 e. The highest BCUT2D eigenvalue weighted by atomic mass is 32.2. The van der Waals surface area contributed by atoms with Crippen LogP contribution in [0.2, 0.25) is 0 Å². The Labute approximate surface area is 111 Å². The Morgan fingerprint density at radius 1 is 1.58 bits per heavy atom. The Bertz CT molecular complexity index is 691. The van der Waals surface area contributed by atoms with Gasteiger partial charge in [-0.2, -0.15) is 0 Å². The number of sulfonamides is 1. The van der Waals surface area contributed by atoms with Gasteiger partial charge in [-0.1, -0.05) is 16.5 Å². The lowest BCUT2D eigenvalue weighted by Crippen LogP contribution is -2.22. The van der Waals surface area contributed by atoms with Crippen LogP contribution in [-0.4, -0.2) is 18.5 Å². The number of nitrogens with zero attached hydrogens (tertiary/aromatic N) is 2. The van der Waals surface area contributed by atoms with Crippen molar-refractivity contribution in [2.24, 2.45) is 0 Å². The van der Waals surface area contributed by atoms with Gasteiger partial charge in [0.2, 0.25) is 0 Å². The van der Waals surface area contributed by atoms with Crippen LogP contribution >= 0.6 is 11.3 Å². The number of nitrogens with one attached hydrogen (secondary N) is 1. The van der Waals surface area contributed by atoms with Gasteiger partial charge in [0.05, 0.1) is 17.2 Å². The van der Waals surface area contributed by atoms with Gasteiger partial charge in [-0.25, -0.2) is 13.1 Å². The number of hydrogen-bond acceptors (Lipinski definition) is 8. The van der Waals surface area contributed by atoms with Gasteiger partial charge in [-0.15, -0.1) is 0 Å². The second-order valence-corrected chi connectivity index (χ2v) is 6.46. The fraction of sp³-hybridized carbons (Fsp3) is 0.125. The first-order valence-corrected chi connectivity index (χ1v) is 7.13. The molecule has 2 heterocycles. The van der Waals surface area contributed by atoms with Crippen LogP contribution in [0.25, 0.3) is 0 Å². The van der Waals surface area contributed by atoms with Crippen molar-refractivity contribution in [3.05, 3.63) is 34.2 Å². The summed E-state index contributed by atoms with van der Waals surface area (Å²) in [5, 5.41) is 14.0. The standard InChI is InChI=1S/C8H8N4O5S2/c9-8-6(12(13)14)3-7(18-8)19(15,16)10-4-5-1-2-17-11-5/h1-3,10H,4,9H2. The number of aromatic nitrogens is 1. The van der Waals surface area contributed by atoms with Crippen molar-refractivity contribution >= 4 is 32.0 Å². The summed E-state index contributed by atoms with van der Waals surface area (Å²) in [5.41, 5.74) is 5.35. The second kappa shape index (κ2) is 4.95. The molecular weight excluding hydrogens is 296 g/mol. The zero-order chi connectivity index (χ0) is 14.0. The van der Waals surface area contributed by atoms with Crippen LogP contribution in [0.4, 0.5) is 10.7 Å². The largest absolute Gasteiger partial charge is 0.385 e. The summed E-state index contributed by atoms with van der Waals surface area (Å²) in [4.78, 5) is 9.87. The molecule has 0 spiro atoms. The third kappa shape index (κ3) is 2.89. The molecule has 0 saturated carbocycles. The van der Waals surface area contributed by atoms with Crippen molar-refractivity contribution in [1.82, 2.24) is 9.88 Å². The van der Waals surface area contributed by atoms with Crippen molar-refractivity contribution in [3.63, 3.8) is 0 Å². The molecule has 0 bridgehead atoms. The molecule has 0 radical (unpaired) electrons. The minimum Gasteiger partial charge on any atom is -0.385 e. The van der Waals surface area contributed by atoms with Crippen LogP contribution in [0, 0.1) is 10.1 Å². The Balaban J connectivity index is 2.20. The number of nitro groups is 1. The van der Waals surface area contributed by atoms with Crippen molar-refractivity contribution in [3.8, 4) is 0 Å². The van der Waals surface area contributed by atoms with E-state index in [-0.39, 0.29) is 15.8 Å². The van der Waals surface area contributed by atoms with E-state index in [1.807, 2.05) is 0 Å². The highest BCUT2D eigenvalue weighted by Crippen LogP contribution is 2.34. The fourth-order valence-electron chi connectivity index (χ4n) is 1.22. The summed E-state index contributed by atoms with van der Waals surface area (Å²) in [7, 11) is -3.87. The summed E-state index contributed by atoms with van der Waals surface area (Å²) in [6, 6.07) is 2.42. The van der Waals surface area contributed by atoms with Crippen molar-refractivity contribution in [1.29, 1.82) is 0 Å². The van der Waals surface area contributed by atoms with Crippen LogP contribution in [-0.2, 0) is 16.6 Å². The number of nitrogens with two attached hydrogens (primary N) is 1. The third-order valence-corrected chi connectivity index (χ3v) is 4.94. The first-order chi connectivity index (χ1) is 8.90. The first kappa shape index (κ1) is 13.5. The molecule has 2 aromatic heterocycles. The van der Waals surface area contributed by atoms with Crippen molar-refractivity contribution < 1.29 is 17.9 Å². The third-order valence-electron chi connectivity index (χ3n) is 2.11. The highest BCUT2D eigenvalue weighted by Gasteiger charge is 2.24. The molecule has 0 saturated heterocycles. The van der Waals surface area contributed by atoms with Gasteiger partial charge in [0.25, 0.3) is 10.0 Å². The molecule has 9 nitrogen and oxygen atoms in total. The van der Waals surface area contributed by atoms with E-state index in [0.717, 1.165) is 6.07 Å². The van der Waals surface area contributed by atoms with Gasteiger partial charge >= 0.3 is 5.69 Å². The molecule has 11 heteroatoms. The topological polar surface area (TPSA) is 141 Å². The van der Waals surface area contributed by atoms with Crippen LogP contribution in [0.5, 0.6) is 0 Å². The molecule has 3 N–H and O–H groups in total. The highest BCUT2D eigenvalue weighted by molar-refractivity contribution is 7.91. The van der Waals surface area contributed by atoms with Crippen molar-refractivity contribution in [2.45, 2.75) is 10.8 Å². The molecule has 0 aliphatic heterocycles. The Morgan fingerprint density at radius 2 is 2.32 bits per heavy atom. The molecule has 2 rings (SSSR count). The molecule has 19 heavy (non-hydrogen) atoms. The van der Waals surface area contributed by atoms with Crippen molar-refractivity contribution in [2.75, 3.05) is 5.73 Å². The number of thiophene rings is 1. The number of rotatable bonds is 5. The van der Waals surface area contributed by atoms with E-state index in [9.17, 15) is 18.5 Å². The molecule has 0 aliphatic rings. The Morgan fingerprint density at radius 3 is 2.84 bits per heavy atom. The molecule has 0 aromatic carbocycles. The van der Waals surface area contributed by atoms with Crippen LogP contribution in [0.1, 0.15) is 5.69 Å². The predicted molar refractivity (Wildman–Crippen MR) is 65.9 cm³/mol. The van der Waals surface area contributed by atoms with Gasteiger partial charge in [0.1, 0.15) is 10.5 Å². The zero-order valence-electron chi connectivity index (χ0n) is 9.27. The average Bonchev–Trinajstić information content (AvgIpc) is 2.95. The lowest BCUT2D eigenvalue weighted by atomic mass is 10.5. The minimum absolute atomic E-state index is 0.0789. The summed E-state index contributed by atoms with van der Waals surface area (Å²) in [6.45, 7) is -0.0789. The van der Waals surface area contributed by atoms with E-state index >= 15 is 0 Å². The van der Waals surface area contributed by atoms with E-state index in [1.54, 1.807) is 0 Å². The lowest BCUT2D eigenvalue weighted by molar-refractivity contribution is -0.383. The maximum absolute atomic E-state index is 11.9. The molecule has 0 amide bonds. The first-order valence-electron chi connectivity index (χ1n) is 4.83. The van der Waals surface area contributed by atoms with Gasteiger partial charge in [0, 0.05) is 12.1 Å². The summed E-state index contributed by atoms with van der Waals surface area (Å²) in [5.74, 6) is 0. The van der Waals surface area contributed by atoms with E-state index in [4.69, 9.17) is 5.73 Å². The number of hydrogen-bond donors (Lipinski definition) is 2. The van der Waals surface area contributed by atoms with Crippen LogP contribution < -0.4 is 10.5 Å². The predicted octanol–water partition coefficient (Wildman–Crippen LogP) is 0.705. The monoisotopic (exact) mass is 304 g/mol. The summed E-state index contributed by atoms with van der Waals surface area (Å²) in [6.07, 6.45) is 1.30. The molecule has 0 unspecified atom stereocenters. The van der Waals surface area contributed by atoms with E-state index in [0.29, 0.717) is 17.0 Å². The average molecular weight is 304 g/mol. The van der Waals surface area contributed by atoms with E-state index in [2.05, 4.69) is 14.4 Å². The molecule has 2 aromatic rings. The molecule has 0 atom stereocenters. The van der Waals surface area contributed by atoms with Crippen LogP contribution in [0.3, 0.4) is 0 Å².